The zero-order chi connectivity index (χ0) is 12.1. The first-order valence-electron chi connectivity index (χ1n) is 6.33. The van der Waals surface area contributed by atoms with Gasteiger partial charge in [-0.15, -0.1) is 0 Å². The summed E-state index contributed by atoms with van der Waals surface area (Å²) >= 11 is 0. The van der Waals surface area contributed by atoms with E-state index in [0.29, 0.717) is 6.54 Å². The minimum Gasteiger partial charge on any atom is -0.387 e. The lowest BCUT2D eigenvalue weighted by molar-refractivity contribution is 0.205. The molecule has 1 aromatic rings. The van der Waals surface area contributed by atoms with Crippen LogP contribution in [0.2, 0.25) is 0 Å². The fourth-order valence-corrected chi connectivity index (χ4v) is 2.54. The highest BCUT2D eigenvalue weighted by Crippen LogP contribution is 2.21. The standard InChI is InChI=1S/C14H21N3/c15-14(16)11-17-8-6-13(7-9-17)10-12-4-2-1-3-5-12/h1-5,13H,6-11H2,(H3,15,16). The van der Waals surface area contributed by atoms with Gasteiger partial charge in [0.2, 0.25) is 0 Å². The quantitative estimate of drug-likeness (QED) is 0.614. The van der Waals surface area contributed by atoms with Crippen molar-refractivity contribution in [1.82, 2.24) is 4.90 Å². The average Bonchev–Trinajstić information content (AvgIpc) is 2.32. The Morgan fingerprint density at radius 2 is 1.88 bits per heavy atom. The summed E-state index contributed by atoms with van der Waals surface area (Å²) in [7, 11) is 0. The Morgan fingerprint density at radius 1 is 1.24 bits per heavy atom. The van der Waals surface area contributed by atoms with E-state index in [1.807, 2.05) is 0 Å². The van der Waals surface area contributed by atoms with Gasteiger partial charge >= 0.3 is 0 Å². The van der Waals surface area contributed by atoms with Crippen molar-refractivity contribution in [1.29, 1.82) is 5.41 Å². The zero-order valence-corrected chi connectivity index (χ0v) is 10.2. The minimum atomic E-state index is 0.284. The number of benzene rings is 1. The van der Waals surface area contributed by atoms with Gasteiger partial charge in [-0.1, -0.05) is 30.3 Å². The molecule has 0 amide bonds. The third-order valence-electron chi connectivity index (χ3n) is 3.47. The summed E-state index contributed by atoms with van der Waals surface area (Å²) in [6.45, 7) is 2.80. The maximum Gasteiger partial charge on any atom is 0.105 e. The van der Waals surface area contributed by atoms with Crippen LogP contribution in [0.4, 0.5) is 0 Å². The zero-order valence-electron chi connectivity index (χ0n) is 10.2. The number of nitrogens with zero attached hydrogens (tertiary/aromatic N) is 1. The third kappa shape index (κ3) is 3.86. The Balaban J connectivity index is 1.78. The Kier molecular flexibility index (Phi) is 4.15. The van der Waals surface area contributed by atoms with Crippen molar-refractivity contribution in [2.75, 3.05) is 19.6 Å². The molecule has 3 nitrogen and oxygen atoms in total. The molecule has 0 atom stereocenters. The van der Waals surface area contributed by atoms with Gasteiger partial charge in [0.05, 0.1) is 6.54 Å². The van der Waals surface area contributed by atoms with E-state index in [0.717, 1.165) is 19.0 Å². The van der Waals surface area contributed by atoms with Gasteiger partial charge in [-0.2, -0.15) is 0 Å². The molecule has 3 N–H and O–H groups in total. The van der Waals surface area contributed by atoms with Crippen LogP contribution in [0.1, 0.15) is 18.4 Å². The molecule has 17 heavy (non-hydrogen) atoms. The summed E-state index contributed by atoms with van der Waals surface area (Å²) in [4.78, 5) is 2.28. The van der Waals surface area contributed by atoms with Crippen molar-refractivity contribution in [2.45, 2.75) is 19.3 Å². The normalized spacial score (nSPS) is 18.1. The van der Waals surface area contributed by atoms with E-state index in [2.05, 4.69) is 35.2 Å². The lowest BCUT2D eigenvalue weighted by Crippen LogP contribution is -2.39. The summed E-state index contributed by atoms with van der Waals surface area (Å²) in [6, 6.07) is 10.7. The molecule has 1 aliphatic heterocycles. The number of rotatable bonds is 4. The van der Waals surface area contributed by atoms with Crippen LogP contribution >= 0.6 is 0 Å². The lowest BCUT2D eigenvalue weighted by atomic mass is 9.90. The Bertz CT molecular complexity index is 353. The number of amidine groups is 1. The molecule has 0 unspecified atom stereocenters. The fourth-order valence-electron chi connectivity index (χ4n) is 2.54. The van der Waals surface area contributed by atoms with Crippen molar-refractivity contribution in [3.63, 3.8) is 0 Å². The monoisotopic (exact) mass is 231 g/mol. The number of nitrogens with two attached hydrogens (primary N) is 1. The maximum absolute atomic E-state index is 7.30. The van der Waals surface area contributed by atoms with E-state index in [1.165, 1.54) is 24.8 Å². The number of nitrogens with one attached hydrogen (secondary N) is 1. The van der Waals surface area contributed by atoms with Crippen LogP contribution in [0.3, 0.4) is 0 Å². The predicted octanol–water partition coefficient (Wildman–Crippen LogP) is 1.88. The first-order chi connectivity index (χ1) is 8.24. The minimum absolute atomic E-state index is 0.284. The van der Waals surface area contributed by atoms with Gasteiger partial charge in [0, 0.05) is 0 Å². The van der Waals surface area contributed by atoms with Crippen LogP contribution in [0.25, 0.3) is 0 Å². The topological polar surface area (TPSA) is 53.1 Å². The molecule has 1 heterocycles. The number of hydrogen-bond acceptors (Lipinski definition) is 2. The van der Waals surface area contributed by atoms with Crippen LogP contribution in [-0.2, 0) is 6.42 Å². The van der Waals surface area contributed by atoms with E-state index >= 15 is 0 Å². The van der Waals surface area contributed by atoms with Crippen LogP contribution in [0.15, 0.2) is 30.3 Å². The number of likely N-dealkylation sites (tertiary alicyclic amines) is 1. The van der Waals surface area contributed by atoms with E-state index in [1.54, 1.807) is 0 Å². The van der Waals surface area contributed by atoms with Crippen molar-refractivity contribution >= 4 is 5.84 Å². The molecule has 0 aromatic heterocycles. The summed E-state index contributed by atoms with van der Waals surface area (Å²) in [5.41, 5.74) is 6.87. The molecule has 0 aliphatic carbocycles. The smallest absolute Gasteiger partial charge is 0.105 e. The van der Waals surface area contributed by atoms with Crippen LogP contribution in [-0.4, -0.2) is 30.4 Å². The Hall–Kier alpha value is -1.35. The van der Waals surface area contributed by atoms with Gasteiger partial charge in [0.1, 0.15) is 5.84 Å². The molecule has 1 aromatic carbocycles. The third-order valence-corrected chi connectivity index (χ3v) is 3.47. The Labute approximate surface area is 103 Å². The molecule has 2 rings (SSSR count). The first-order valence-corrected chi connectivity index (χ1v) is 6.33. The van der Waals surface area contributed by atoms with E-state index in [-0.39, 0.29) is 5.84 Å². The van der Waals surface area contributed by atoms with Gasteiger partial charge in [-0.3, -0.25) is 10.3 Å². The van der Waals surface area contributed by atoms with Gasteiger partial charge in [0.15, 0.2) is 0 Å². The Morgan fingerprint density at radius 3 is 2.47 bits per heavy atom. The molecule has 0 spiro atoms. The largest absolute Gasteiger partial charge is 0.387 e. The van der Waals surface area contributed by atoms with Gasteiger partial charge in [0.25, 0.3) is 0 Å². The van der Waals surface area contributed by atoms with Crippen molar-refractivity contribution < 1.29 is 0 Å². The second-order valence-electron chi connectivity index (χ2n) is 4.93. The van der Waals surface area contributed by atoms with Gasteiger partial charge in [-0.25, -0.2) is 0 Å². The maximum atomic E-state index is 7.30. The summed E-state index contributed by atoms with van der Waals surface area (Å²) in [5, 5.41) is 7.30. The van der Waals surface area contributed by atoms with E-state index in [9.17, 15) is 0 Å². The molecule has 0 radical (unpaired) electrons. The fraction of sp³-hybridized carbons (Fsp3) is 0.500. The molecule has 1 aliphatic rings. The highest BCUT2D eigenvalue weighted by molar-refractivity contribution is 5.78. The highest BCUT2D eigenvalue weighted by atomic mass is 15.1. The molecule has 0 bridgehead atoms. The molecular formula is C14H21N3. The predicted molar refractivity (Wildman–Crippen MR) is 71.2 cm³/mol. The molecular weight excluding hydrogens is 210 g/mol. The average molecular weight is 231 g/mol. The summed E-state index contributed by atoms with van der Waals surface area (Å²) in [6.07, 6.45) is 3.64. The van der Waals surface area contributed by atoms with Crippen LogP contribution in [0, 0.1) is 11.3 Å². The van der Waals surface area contributed by atoms with Crippen molar-refractivity contribution in [3.05, 3.63) is 35.9 Å². The molecule has 92 valence electrons. The van der Waals surface area contributed by atoms with Crippen molar-refractivity contribution in [2.24, 2.45) is 11.7 Å². The summed E-state index contributed by atoms with van der Waals surface area (Å²) in [5.74, 6) is 1.08. The van der Waals surface area contributed by atoms with Crippen LogP contribution in [0.5, 0.6) is 0 Å². The number of hydrogen-bond donors (Lipinski definition) is 2. The number of piperidine rings is 1. The molecule has 1 saturated heterocycles. The van der Waals surface area contributed by atoms with Gasteiger partial charge < -0.3 is 5.73 Å². The molecule has 3 heteroatoms. The first kappa shape index (κ1) is 12.1. The summed E-state index contributed by atoms with van der Waals surface area (Å²) < 4.78 is 0. The molecule has 1 fully saturated rings. The second kappa shape index (κ2) is 5.82. The van der Waals surface area contributed by atoms with E-state index < -0.39 is 0 Å². The highest BCUT2D eigenvalue weighted by Gasteiger charge is 2.19. The molecule has 0 saturated carbocycles. The lowest BCUT2D eigenvalue weighted by Gasteiger charge is -2.31. The SMILES string of the molecule is N=C(N)CN1CCC(Cc2ccccc2)CC1. The van der Waals surface area contributed by atoms with Gasteiger partial charge in [-0.05, 0) is 43.8 Å². The van der Waals surface area contributed by atoms with Crippen LogP contribution < -0.4 is 5.73 Å². The van der Waals surface area contributed by atoms with E-state index in [4.69, 9.17) is 11.1 Å². The van der Waals surface area contributed by atoms with Crippen molar-refractivity contribution in [3.8, 4) is 0 Å². The second-order valence-corrected chi connectivity index (χ2v) is 4.93.